The van der Waals surface area contributed by atoms with Crippen LogP contribution in [-0.2, 0) is 11.2 Å². The van der Waals surface area contributed by atoms with Crippen LogP contribution >= 0.6 is 15.9 Å². The molecule has 0 bridgehead atoms. The highest BCUT2D eigenvalue weighted by Gasteiger charge is 2.31. The third kappa shape index (κ3) is 4.52. The number of aromatic hydroxyl groups is 2. The highest BCUT2D eigenvalue weighted by molar-refractivity contribution is 9.10. The van der Waals surface area contributed by atoms with Crippen molar-refractivity contribution >= 4 is 28.0 Å². The molecule has 1 aliphatic carbocycles. The van der Waals surface area contributed by atoms with Gasteiger partial charge >= 0.3 is 0 Å². The first-order valence-electron chi connectivity index (χ1n) is 9.24. The van der Waals surface area contributed by atoms with Crippen molar-refractivity contribution in [3.63, 3.8) is 0 Å². The van der Waals surface area contributed by atoms with Crippen LogP contribution < -0.4 is 0 Å². The van der Waals surface area contributed by atoms with Crippen molar-refractivity contribution in [1.29, 1.82) is 0 Å². The molecule has 1 aromatic carbocycles. The van der Waals surface area contributed by atoms with Crippen molar-refractivity contribution in [2.75, 3.05) is 0 Å². The summed E-state index contributed by atoms with van der Waals surface area (Å²) in [7, 11) is 0. The van der Waals surface area contributed by atoms with Crippen molar-refractivity contribution in [2.24, 2.45) is 17.8 Å². The Labute approximate surface area is 169 Å². The monoisotopic (exact) mass is 434 g/mol. The van der Waals surface area contributed by atoms with Crippen molar-refractivity contribution in [3.8, 4) is 11.5 Å². The van der Waals surface area contributed by atoms with Gasteiger partial charge in [-0.15, -0.1) is 0 Å². The predicted octanol–water partition coefficient (Wildman–Crippen LogP) is 5.28. The zero-order valence-electron chi connectivity index (χ0n) is 16.3. The van der Waals surface area contributed by atoms with Gasteiger partial charge in [0.1, 0.15) is 17.3 Å². The number of hydrogen-bond donors (Lipinski definition) is 2. The number of phenols is 2. The van der Waals surface area contributed by atoms with Gasteiger partial charge in [-0.3, -0.25) is 9.59 Å². The molecule has 27 heavy (non-hydrogen) atoms. The molecule has 0 radical (unpaired) electrons. The molecule has 1 fully saturated rings. The third-order valence-electron chi connectivity index (χ3n) is 5.68. The molecule has 5 heteroatoms. The molecule has 146 valence electrons. The Bertz CT molecular complexity index is 807. The highest BCUT2D eigenvalue weighted by atomic mass is 79.9. The molecule has 0 heterocycles. The Hall–Kier alpha value is -1.88. The molecule has 1 aliphatic rings. The van der Waals surface area contributed by atoms with Gasteiger partial charge in [-0.25, -0.2) is 0 Å². The molecule has 3 unspecified atom stereocenters. The van der Waals surface area contributed by atoms with E-state index >= 15 is 0 Å². The SMILES string of the molecule is CC(=C/Cc1c(O)c(Br)c(C)c(C=O)c1O)/C=C/C1C(C)CCC(=O)C1C. The van der Waals surface area contributed by atoms with Crippen LogP contribution in [0.1, 0.15) is 55.1 Å². The number of carbonyl (C=O) groups is 2. The largest absolute Gasteiger partial charge is 0.507 e. The number of rotatable bonds is 5. The van der Waals surface area contributed by atoms with Crippen LogP contribution in [0, 0.1) is 24.7 Å². The van der Waals surface area contributed by atoms with E-state index in [1.54, 1.807) is 6.92 Å². The summed E-state index contributed by atoms with van der Waals surface area (Å²) in [5.74, 6) is 0.823. The summed E-state index contributed by atoms with van der Waals surface area (Å²) in [6, 6.07) is 0. The summed E-state index contributed by atoms with van der Waals surface area (Å²) >= 11 is 3.28. The quantitative estimate of drug-likeness (QED) is 0.488. The van der Waals surface area contributed by atoms with E-state index in [1.165, 1.54) is 0 Å². The lowest BCUT2D eigenvalue weighted by Gasteiger charge is -2.31. The second-order valence-corrected chi connectivity index (χ2v) is 8.30. The molecule has 2 N–H and O–H groups in total. The minimum absolute atomic E-state index is 0.0362. The lowest BCUT2D eigenvalue weighted by Crippen LogP contribution is -2.30. The second kappa shape index (κ2) is 8.87. The smallest absolute Gasteiger partial charge is 0.154 e. The van der Waals surface area contributed by atoms with Gasteiger partial charge in [0.05, 0.1) is 10.0 Å². The van der Waals surface area contributed by atoms with Crippen LogP contribution in [-0.4, -0.2) is 22.3 Å². The van der Waals surface area contributed by atoms with Crippen molar-refractivity contribution in [3.05, 3.63) is 45.0 Å². The van der Waals surface area contributed by atoms with E-state index in [9.17, 15) is 19.8 Å². The van der Waals surface area contributed by atoms with E-state index in [0.29, 0.717) is 46.4 Å². The van der Waals surface area contributed by atoms with Gasteiger partial charge in [0.2, 0.25) is 0 Å². The molecular weight excluding hydrogens is 408 g/mol. The van der Waals surface area contributed by atoms with Crippen LogP contribution in [0.15, 0.2) is 28.3 Å². The molecule has 0 saturated heterocycles. The minimum Gasteiger partial charge on any atom is -0.507 e. The predicted molar refractivity (Wildman–Crippen MR) is 110 cm³/mol. The Kier molecular flexibility index (Phi) is 7.04. The Morgan fingerprint density at radius 3 is 2.56 bits per heavy atom. The summed E-state index contributed by atoms with van der Waals surface area (Å²) in [4.78, 5) is 23.2. The first kappa shape index (κ1) is 21.4. The number of aldehydes is 1. The number of carbonyl (C=O) groups excluding carboxylic acids is 2. The maximum atomic E-state index is 12.0. The lowest BCUT2D eigenvalue weighted by molar-refractivity contribution is -0.126. The molecule has 0 aromatic heterocycles. The first-order chi connectivity index (χ1) is 12.7. The van der Waals surface area contributed by atoms with Crippen LogP contribution in [0.5, 0.6) is 11.5 Å². The van der Waals surface area contributed by atoms with Gasteiger partial charge in [-0.2, -0.15) is 0 Å². The Morgan fingerprint density at radius 1 is 1.26 bits per heavy atom. The zero-order valence-corrected chi connectivity index (χ0v) is 17.8. The average Bonchev–Trinajstić information content (AvgIpc) is 2.63. The van der Waals surface area contributed by atoms with Crippen LogP contribution in [0.2, 0.25) is 0 Å². The number of Topliss-reactive ketones (excluding diaryl/α,β-unsaturated/α-hetero) is 1. The maximum Gasteiger partial charge on any atom is 0.154 e. The molecular formula is C22H27BrO4. The van der Waals surface area contributed by atoms with Crippen molar-refractivity contribution < 1.29 is 19.8 Å². The number of halogens is 1. The molecule has 1 aromatic rings. The number of hydrogen-bond acceptors (Lipinski definition) is 4. The van der Waals surface area contributed by atoms with Gasteiger partial charge < -0.3 is 10.2 Å². The van der Waals surface area contributed by atoms with E-state index in [2.05, 4.69) is 28.9 Å². The van der Waals surface area contributed by atoms with Crippen LogP contribution in [0.25, 0.3) is 0 Å². The van der Waals surface area contributed by atoms with E-state index in [1.807, 2.05) is 26.0 Å². The normalized spacial score (nSPS) is 23.8. The number of ketones is 1. The van der Waals surface area contributed by atoms with E-state index in [4.69, 9.17) is 0 Å². The Balaban J connectivity index is 2.22. The number of allylic oxidation sites excluding steroid dienone is 4. The highest BCUT2D eigenvalue weighted by Crippen LogP contribution is 2.40. The summed E-state index contributed by atoms with van der Waals surface area (Å²) in [5, 5.41) is 20.6. The van der Waals surface area contributed by atoms with Crippen LogP contribution in [0.4, 0.5) is 0 Å². The molecule has 0 spiro atoms. The lowest BCUT2D eigenvalue weighted by atomic mass is 9.72. The maximum absolute atomic E-state index is 12.0. The molecule has 3 atom stereocenters. The fourth-order valence-electron chi connectivity index (χ4n) is 3.67. The summed E-state index contributed by atoms with van der Waals surface area (Å²) in [5.41, 5.74) is 1.97. The van der Waals surface area contributed by atoms with E-state index < -0.39 is 0 Å². The van der Waals surface area contributed by atoms with E-state index in [0.717, 1.165) is 12.0 Å². The fraction of sp³-hybridized carbons (Fsp3) is 0.455. The summed E-state index contributed by atoms with van der Waals surface area (Å²) < 4.78 is 0.419. The summed E-state index contributed by atoms with van der Waals surface area (Å²) in [6.07, 6.45) is 8.46. The van der Waals surface area contributed by atoms with Crippen molar-refractivity contribution in [2.45, 2.75) is 47.0 Å². The van der Waals surface area contributed by atoms with Gasteiger partial charge in [0.15, 0.2) is 6.29 Å². The third-order valence-corrected chi connectivity index (χ3v) is 6.65. The fourth-order valence-corrected chi connectivity index (χ4v) is 4.12. The molecule has 1 saturated carbocycles. The zero-order chi connectivity index (χ0) is 20.3. The Morgan fingerprint density at radius 2 is 1.93 bits per heavy atom. The van der Waals surface area contributed by atoms with Gasteiger partial charge in [-0.05, 0) is 60.0 Å². The molecule has 2 rings (SSSR count). The van der Waals surface area contributed by atoms with Gasteiger partial charge in [0, 0.05) is 17.9 Å². The van der Waals surface area contributed by atoms with Crippen LogP contribution in [0.3, 0.4) is 0 Å². The molecule has 0 amide bonds. The van der Waals surface area contributed by atoms with Gasteiger partial charge in [-0.1, -0.05) is 37.6 Å². The number of phenolic OH excluding ortho intramolecular Hbond substituents is 2. The second-order valence-electron chi connectivity index (χ2n) is 7.51. The minimum atomic E-state index is -0.184. The number of benzene rings is 1. The summed E-state index contributed by atoms with van der Waals surface area (Å²) in [6.45, 7) is 7.77. The van der Waals surface area contributed by atoms with Crippen molar-refractivity contribution in [1.82, 2.24) is 0 Å². The molecule has 0 aliphatic heterocycles. The first-order valence-corrected chi connectivity index (χ1v) is 10.0. The topological polar surface area (TPSA) is 74.6 Å². The van der Waals surface area contributed by atoms with Gasteiger partial charge in [0.25, 0.3) is 0 Å². The standard InChI is InChI=1S/C22H27BrO4/c1-12(5-8-16-13(2)7-10-19(25)14(16)3)6-9-17-21(26)18(11-24)15(4)20(23)22(17)27/h5-6,8,11,13-14,16,26-27H,7,9-10H2,1-4H3/b8-5+,12-6-. The average molecular weight is 435 g/mol. The van der Waals surface area contributed by atoms with E-state index in [-0.39, 0.29) is 28.9 Å². The molecule has 4 nitrogen and oxygen atoms in total.